The van der Waals surface area contributed by atoms with E-state index >= 15 is 0 Å². The standard InChI is InChI=1S/C14H10O4/c15-14(16)6-9-5-13(18-8-9)10-1-2-12-11(7-10)3-4-17-12/h1-5,7-8H,6H2,(H,15,16). The Balaban J connectivity index is 1.97. The minimum atomic E-state index is -0.868. The summed E-state index contributed by atoms with van der Waals surface area (Å²) in [4.78, 5) is 10.6. The third-order valence-corrected chi connectivity index (χ3v) is 2.75. The fourth-order valence-electron chi connectivity index (χ4n) is 1.91. The highest BCUT2D eigenvalue weighted by Gasteiger charge is 2.08. The molecule has 4 nitrogen and oxygen atoms in total. The summed E-state index contributed by atoms with van der Waals surface area (Å²) in [6.07, 6.45) is 3.08. The molecule has 3 rings (SSSR count). The number of fused-ring (bicyclic) bond motifs is 1. The van der Waals surface area contributed by atoms with Gasteiger partial charge in [-0.05, 0) is 30.3 Å². The predicted octanol–water partition coefficient (Wildman–Crippen LogP) is 3.32. The second-order valence-electron chi connectivity index (χ2n) is 4.06. The average Bonchev–Trinajstić information content (AvgIpc) is 2.95. The van der Waals surface area contributed by atoms with E-state index in [1.807, 2.05) is 24.3 Å². The van der Waals surface area contributed by atoms with Crippen molar-refractivity contribution in [2.24, 2.45) is 0 Å². The van der Waals surface area contributed by atoms with Gasteiger partial charge in [-0.15, -0.1) is 0 Å². The first-order valence-electron chi connectivity index (χ1n) is 5.49. The summed E-state index contributed by atoms with van der Waals surface area (Å²) in [7, 11) is 0. The van der Waals surface area contributed by atoms with Crippen molar-refractivity contribution < 1.29 is 18.7 Å². The minimum Gasteiger partial charge on any atom is -0.481 e. The van der Waals surface area contributed by atoms with Gasteiger partial charge < -0.3 is 13.9 Å². The van der Waals surface area contributed by atoms with Gasteiger partial charge in [0.15, 0.2) is 0 Å². The maximum atomic E-state index is 10.6. The lowest BCUT2D eigenvalue weighted by atomic mass is 10.1. The summed E-state index contributed by atoms with van der Waals surface area (Å²) in [5, 5.41) is 9.70. The zero-order valence-corrected chi connectivity index (χ0v) is 9.42. The third kappa shape index (κ3) is 1.88. The van der Waals surface area contributed by atoms with Crippen LogP contribution in [0.3, 0.4) is 0 Å². The van der Waals surface area contributed by atoms with Gasteiger partial charge in [0, 0.05) is 16.5 Å². The highest BCUT2D eigenvalue weighted by Crippen LogP contribution is 2.26. The van der Waals surface area contributed by atoms with Crippen molar-refractivity contribution in [3.05, 3.63) is 48.4 Å². The summed E-state index contributed by atoms with van der Waals surface area (Å²) in [5.41, 5.74) is 2.38. The Morgan fingerprint density at radius 3 is 2.89 bits per heavy atom. The fourth-order valence-corrected chi connectivity index (χ4v) is 1.91. The van der Waals surface area contributed by atoms with Crippen molar-refractivity contribution in [2.75, 3.05) is 0 Å². The maximum Gasteiger partial charge on any atom is 0.307 e. The first-order chi connectivity index (χ1) is 8.72. The van der Waals surface area contributed by atoms with Crippen LogP contribution in [-0.2, 0) is 11.2 Å². The van der Waals surface area contributed by atoms with E-state index in [4.69, 9.17) is 13.9 Å². The number of carbonyl (C=O) groups is 1. The second-order valence-corrected chi connectivity index (χ2v) is 4.06. The van der Waals surface area contributed by atoms with E-state index in [-0.39, 0.29) is 6.42 Å². The lowest BCUT2D eigenvalue weighted by Gasteiger charge is -1.95. The molecule has 1 aromatic carbocycles. The molecule has 0 bridgehead atoms. The first kappa shape index (κ1) is 10.7. The maximum absolute atomic E-state index is 10.6. The Morgan fingerprint density at radius 2 is 2.06 bits per heavy atom. The zero-order valence-electron chi connectivity index (χ0n) is 9.42. The van der Waals surface area contributed by atoms with Gasteiger partial charge in [0.25, 0.3) is 0 Å². The number of carboxylic acids is 1. The number of aliphatic carboxylic acids is 1. The van der Waals surface area contributed by atoms with Crippen molar-refractivity contribution in [3.8, 4) is 11.3 Å². The van der Waals surface area contributed by atoms with Crippen molar-refractivity contribution in [3.63, 3.8) is 0 Å². The molecule has 0 amide bonds. The molecule has 0 fully saturated rings. The third-order valence-electron chi connectivity index (χ3n) is 2.75. The van der Waals surface area contributed by atoms with E-state index < -0.39 is 5.97 Å². The van der Waals surface area contributed by atoms with Crippen LogP contribution < -0.4 is 0 Å². The lowest BCUT2D eigenvalue weighted by molar-refractivity contribution is -0.136. The van der Waals surface area contributed by atoms with Crippen LogP contribution in [0.25, 0.3) is 22.3 Å². The van der Waals surface area contributed by atoms with Crippen LogP contribution in [-0.4, -0.2) is 11.1 Å². The lowest BCUT2D eigenvalue weighted by Crippen LogP contribution is -1.97. The number of carboxylic acid groups (broad SMARTS) is 1. The highest BCUT2D eigenvalue weighted by atomic mass is 16.4. The molecule has 0 aliphatic carbocycles. The predicted molar refractivity (Wildman–Crippen MR) is 65.3 cm³/mol. The number of benzene rings is 1. The monoisotopic (exact) mass is 242 g/mol. The van der Waals surface area contributed by atoms with Crippen LogP contribution in [0.1, 0.15) is 5.56 Å². The summed E-state index contributed by atoms with van der Waals surface area (Å²) in [6, 6.07) is 9.32. The molecule has 18 heavy (non-hydrogen) atoms. The normalized spacial score (nSPS) is 10.9. The Morgan fingerprint density at radius 1 is 1.17 bits per heavy atom. The first-order valence-corrected chi connectivity index (χ1v) is 5.49. The molecular weight excluding hydrogens is 232 g/mol. The smallest absolute Gasteiger partial charge is 0.307 e. The van der Waals surface area contributed by atoms with Crippen molar-refractivity contribution in [1.82, 2.24) is 0 Å². The molecule has 0 saturated carbocycles. The second kappa shape index (κ2) is 4.07. The van der Waals surface area contributed by atoms with Crippen LogP contribution in [0.5, 0.6) is 0 Å². The molecule has 0 atom stereocenters. The SMILES string of the molecule is O=C(O)Cc1coc(-c2ccc3occc3c2)c1. The summed E-state index contributed by atoms with van der Waals surface area (Å²) in [5.74, 6) is -0.206. The van der Waals surface area contributed by atoms with Gasteiger partial charge >= 0.3 is 5.97 Å². The van der Waals surface area contributed by atoms with Gasteiger partial charge in [0.1, 0.15) is 11.3 Å². The molecule has 0 saturated heterocycles. The largest absolute Gasteiger partial charge is 0.481 e. The Labute approximate surface area is 102 Å². The van der Waals surface area contributed by atoms with Crippen molar-refractivity contribution in [1.29, 1.82) is 0 Å². The number of rotatable bonds is 3. The molecule has 3 aromatic rings. The number of furan rings is 2. The minimum absolute atomic E-state index is 0.0303. The fraction of sp³-hybridized carbons (Fsp3) is 0.0714. The zero-order chi connectivity index (χ0) is 12.5. The summed E-state index contributed by atoms with van der Waals surface area (Å²) in [6.45, 7) is 0. The van der Waals surface area contributed by atoms with Gasteiger partial charge in [-0.1, -0.05) is 0 Å². The number of hydrogen-bond acceptors (Lipinski definition) is 3. The van der Waals surface area contributed by atoms with Crippen LogP contribution >= 0.6 is 0 Å². The van der Waals surface area contributed by atoms with Gasteiger partial charge in [0.2, 0.25) is 0 Å². The molecular formula is C14H10O4. The van der Waals surface area contributed by atoms with Gasteiger partial charge in [-0.25, -0.2) is 0 Å². The Kier molecular flexibility index (Phi) is 2.41. The van der Waals surface area contributed by atoms with Crippen LogP contribution in [0.2, 0.25) is 0 Å². The van der Waals surface area contributed by atoms with Crippen LogP contribution in [0.4, 0.5) is 0 Å². The summed E-state index contributed by atoms with van der Waals surface area (Å²) >= 11 is 0. The molecule has 90 valence electrons. The molecule has 4 heteroatoms. The molecule has 2 aromatic heterocycles. The van der Waals surface area contributed by atoms with Gasteiger partial charge in [-0.2, -0.15) is 0 Å². The van der Waals surface area contributed by atoms with E-state index in [2.05, 4.69) is 0 Å². The van der Waals surface area contributed by atoms with E-state index in [9.17, 15) is 4.79 Å². The topological polar surface area (TPSA) is 63.6 Å². The molecule has 0 radical (unpaired) electrons. The highest BCUT2D eigenvalue weighted by molar-refractivity contribution is 5.82. The molecule has 0 aliphatic rings. The molecule has 0 unspecified atom stereocenters. The van der Waals surface area contributed by atoms with Gasteiger partial charge in [-0.3, -0.25) is 4.79 Å². The van der Waals surface area contributed by atoms with Gasteiger partial charge in [0.05, 0.1) is 18.9 Å². The average molecular weight is 242 g/mol. The van der Waals surface area contributed by atoms with E-state index in [0.29, 0.717) is 11.3 Å². The molecule has 2 heterocycles. The van der Waals surface area contributed by atoms with E-state index in [1.165, 1.54) is 6.26 Å². The summed E-state index contributed by atoms with van der Waals surface area (Å²) < 4.78 is 10.6. The van der Waals surface area contributed by atoms with E-state index in [0.717, 1.165) is 16.5 Å². The Hall–Kier alpha value is -2.49. The van der Waals surface area contributed by atoms with E-state index in [1.54, 1.807) is 12.3 Å². The number of hydrogen-bond donors (Lipinski definition) is 1. The quantitative estimate of drug-likeness (QED) is 0.765. The Bertz CT molecular complexity index is 705. The van der Waals surface area contributed by atoms with Crippen molar-refractivity contribution >= 4 is 16.9 Å². The molecule has 0 aliphatic heterocycles. The molecule has 0 spiro atoms. The van der Waals surface area contributed by atoms with Crippen LogP contribution in [0.15, 0.2) is 51.7 Å². The van der Waals surface area contributed by atoms with Crippen molar-refractivity contribution in [2.45, 2.75) is 6.42 Å². The van der Waals surface area contributed by atoms with Crippen LogP contribution in [0, 0.1) is 0 Å². The molecule has 1 N–H and O–H groups in total.